The van der Waals surface area contributed by atoms with Crippen LogP contribution >= 0.6 is 0 Å². The molecule has 1 atom stereocenters. The monoisotopic (exact) mass is 272 g/mol. The number of unbranched alkanes of at least 4 members (excludes halogenated alkanes) is 2. The second-order valence-corrected chi connectivity index (χ2v) is 5.68. The van der Waals surface area contributed by atoms with Gasteiger partial charge in [-0.3, -0.25) is 4.79 Å². The van der Waals surface area contributed by atoms with Gasteiger partial charge in [-0.2, -0.15) is 0 Å². The lowest BCUT2D eigenvalue weighted by Gasteiger charge is -2.24. The first-order valence-electron chi connectivity index (χ1n) is 7.18. The fraction of sp³-hybridized carbons (Fsp3) is 0.867. The first-order valence-corrected chi connectivity index (χ1v) is 7.18. The van der Waals surface area contributed by atoms with Crippen LogP contribution < -0.4 is 0 Å². The molecule has 0 aliphatic heterocycles. The zero-order chi connectivity index (χ0) is 14.9. The van der Waals surface area contributed by atoms with Crippen molar-refractivity contribution in [3.05, 3.63) is 0 Å². The van der Waals surface area contributed by atoms with Crippen molar-refractivity contribution in [1.82, 2.24) is 0 Å². The van der Waals surface area contributed by atoms with Crippen molar-refractivity contribution in [1.29, 1.82) is 0 Å². The Bertz CT molecular complexity index is 284. The molecule has 0 aromatic heterocycles. The summed E-state index contributed by atoms with van der Waals surface area (Å²) in [6.45, 7) is 9.83. The third-order valence-electron chi connectivity index (χ3n) is 3.01. The van der Waals surface area contributed by atoms with Crippen molar-refractivity contribution in [3.63, 3.8) is 0 Å². The van der Waals surface area contributed by atoms with Gasteiger partial charge in [0, 0.05) is 0 Å². The van der Waals surface area contributed by atoms with Crippen molar-refractivity contribution in [2.45, 2.75) is 72.8 Å². The molecule has 1 unspecified atom stereocenters. The van der Waals surface area contributed by atoms with Crippen molar-refractivity contribution in [2.24, 2.45) is 5.41 Å². The molecule has 112 valence electrons. The highest BCUT2D eigenvalue weighted by Gasteiger charge is 2.25. The zero-order valence-corrected chi connectivity index (χ0v) is 13.0. The largest absolute Gasteiger partial charge is 0.463 e. The molecular formula is C15H28O4. The van der Waals surface area contributed by atoms with Crippen molar-refractivity contribution < 1.29 is 19.1 Å². The molecule has 4 heteroatoms. The zero-order valence-electron chi connectivity index (χ0n) is 13.0. The molecular weight excluding hydrogens is 244 g/mol. The van der Waals surface area contributed by atoms with Gasteiger partial charge in [-0.25, -0.2) is 4.79 Å². The van der Waals surface area contributed by atoms with Gasteiger partial charge in [-0.05, 0) is 25.7 Å². The molecule has 0 bridgehead atoms. The van der Waals surface area contributed by atoms with E-state index in [1.165, 1.54) is 12.8 Å². The van der Waals surface area contributed by atoms with Crippen LogP contribution in [0.2, 0.25) is 0 Å². The molecule has 0 aliphatic rings. The van der Waals surface area contributed by atoms with Crippen LogP contribution in [0, 0.1) is 5.41 Å². The fourth-order valence-corrected chi connectivity index (χ4v) is 1.88. The van der Waals surface area contributed by atoms with E-state index in [0.29, 0.717) is 13.0 Å². The molecule has 4 nitrogen and oxygen atoms in total. The summed E-state index contributed by atoms with van der Waals surface area (Å²) >= 11 is 0. The smallest absolute Gasteiger partial charge is 0.347 e. The number of ether oxygens (including phenoxy) is 2. The maximum atomic E-state index is 11.8. The molecule has 0 rings (SSSR count). The Morgan fingerprint density at radius 2 is 1.79 bits per heavy atom. The normalized spacial score (nSPS) is 12.9. The number of carbonyl (C=O) groups is 2. The maximum Gasteiger partial charge on any atom is 0.347 e. The van der Waals surface area contributed by atoms with E-state index < -0.39 is 12.1 Å². The summed E-state index contributed by atoms with van der Waals surface area (Å²) in [4.78, 5) is 23.1. The standard InChI is InChI=1S/C15H28O4/c1-6-8-9-10-15(4,5)11-13(16)19-12(3)14(17)18-7-2/h12H,6-11H2,1-5H3. The SMILES string of the molecule is CCCCCC(C)(C)CC(=O)OC(C)C(=O)OCC. The Morgan fingerprint density at radius 1 is 1.16 bits per heavy atom. The van der Waals surface area contributed by atoms with E-state index in [1.54, 1.807) is 13.8 Å². The van der Waals surface area contributed by atoms with Crippen molar-refractivity contribution >= 4 is 11.9 Å². The van der Waals surface area contributed by atoms with E-state index in [4.69, 9.17) is 9.47 Å². The van der Waals surface area contributed by atoms with Crippen LogP contribution in [0.1, 0.15) is 66.7 Å². The molecule has 0 spiro atoms. The van der Waals surface area contributed by atoms with Gasteiger partial charge in [0.2, 0.25) is 0 Å². The summed E-state index contributed by atoms with van der Waals surface area (Å²) in [6.07, 6.45) is 3.96. The number of hydrogen-bond donors (Lipinski definition) is 0. The Labute approximate surface area is 116 Å². The van der Waals surface area contributed by atoms with E-state index in [2.05, 4.69) is 20.8 Å². The maximum absolute atomic E-state index is 11.8. The van der Waals surface area contributed by atoms with E-state index in [1.807, 2.05) is 0 Å². The molecule has 0 radical (unpaired) electrons. The molecule has 0 N–H and O–H groups in total. The fourth-order valence-electron chi connectivity index (χ4n) is 1.88. The van der Waals surface area contributed by atoms with Crippen LogP contribution in [-0.4, -0.2) is 24.6 Å². The lowest BCUT2D eigenvalue weighted by atomic mass is 9.84. The summed E-state index contributed by atoms with van der Waals surface area (Å²) < 4.78 is 9.89. The van der Waals surface area contributed by atoms with Gasteiger partial charge in [0.1, 0.15) is 0 Å². The van der Waals surface area contributed by atoms with Crippen LogP contribution in [0.3, 0.4) is 0 Å². The van der Waals surface area contributed by atoms with Gasteiger partial charge in [0.05, 0.1) is 13.0 Å². The topological polar surface area (TPSA) is 52.6 Å². The molecule has 0 saturated heterocycles. The van der Waals surface area contributed by atoms with Crippen LogP contribution in [0.5, 0.6) is 0 Å². The Morgan fingerprint density at radius 3 is 2.32 bits per heavy atom. The second-order valence-electron chi connectivity index (χ2n) is 5.68. The number of rotatable bonds is 9. The summed E-state index contributed by atoms with van der Waals surface area (Å²) in [7, 11) is 0. The van der Waals surface area contributed by atoms with Gasteiger partial charge in [0.25, 0.3) is 0 Å². The highest BCUT2D eigenvalue weighted by atomic mass is 16.6. The Balaban J connectivity index is 4.11. The lowest BCUT2D eigenvalue weighted by molar-refractivity contribution is -0.167. The van der Waals surface area contributed by atoms with Gasteiger partial charge in [0.15, 0.2) is 6.10 Å². The first kappa shape index (κ1) is 17.9. The Hall–Kier alpha value is -1.06. The van der Waals surface area contributed by atoms with Gasteiger partial charge < -0.3 is 9.47 Å². The Kier molecular flexibility index (Phi) is 8.44. The average molecular weight is 272 g/mol. The van der Waals surface area contributed by atoms with Crippen molar-refractivity contribution in [2.75, 3.05) is 6.61 Å². The lowest BCUT2D eigenvalue weighted by Crippen LogP contribution is -2.28. The average Bonchev–Trinajstić information content (AvgIpc) is 2.28. The number of esters is 2. The minimum Gasteiger partial charge on any atom is -0.463 e. The molecule has 0 fully saturated rings. The molecule has 0 aliphatic carbocycles. The molecule has 0 amide bonds. The van der Waals surface area contributed by atoms with Gasteiger partial charge in [-0.15, -0.1) is 0 Å². The molecule has 0 aromatic carbocycles. The number of hydrogen-bond acceptors (Lipinski definition) is 4. The van der Waals surface area contributed by atoms with Crippen LogP contribution in [0.4, 0.5) is 0 Å². The van der Waals surface area contributed by atoms with E-state index in [0.717, 1.165) is 12.8 Å². The molecule has 0 aromatic rings. The molecule has 0 heterocycles. The van der Waals surface area contributed by atoms with Crippen LogP contribution in [-0.2, 0) is 19.1 Å². The molecule has 0 saturated carbocycles. The highest BCUT2D eigenvalue weighted by Crippen LogP contribution is 2.28. The minimum absolute atomic E-state index is 0.0827. The molecule has 19 heavy (non-hydrogen) atoms. The summed E-state index contributed by atoms with van der Waals surface area (Å²) in [5, 5.41) is 0. The van der Waals surface area contributed by atoms with E-state index in [-0.39, 0.29) is 11.4 Å². The van der Waals surface area contributed by atoms with Crippen LogP contribution in [0.25, 0.3) is 0 Å². The minimum atomic E-state index is -0.820. The number of carbonyl (C=O) groups excluding carboxylic acids is 2. The van der Waals surface area contributed by atoms with E-state index >= 15 is 0 Å². The summed E-state index contributed by atoms with van der Waals surface area (Å²) in [6, 6.07) is 0. The first-order chi connectivity index (χ1) is 8.82. The van der Waals surface area contributed by atoms with Gasteiger partial charge in [-0.1, -0.05) is 40.0 Å². The predicted octanol–water partition coefficient (Wildman–Crippen LogP) is 3.48. The predicted molar refractivity (Wildman–Crippen MR) is 74.7 cm³/mol. The van der Waals surface area contributed by atoms with Crippen LogP contribution in [0.15, 0.2) is 0 Å². The summed E-state index contributed by atoms with van der Waals surface area (Å²) in [5.74, 6) is -0.818. The summed E-state index contributed by atoms with van der Waals surface area (Å²) in [5.41, 5.74) is -0.0827. The van der Waals surface area contributed by atoms with Crippen molar-refractivity contribution in [3.8, 4) is 0 Å². The van der Waals surface area contributed by atoms with Gasteiger partial charge >= 0.3 is 11.9 Å². The second kappa shape index (κ2) is 8.94. The third kappa shape index (κ3) is 8.62. The third-order valence-corrected chi connectivity index (χ3v) is 3.01. The van der Waals surface area contributed by atoms with E-state index in [9.17, 15) is 9.59 Å². The highest BCUT2D eigenvalue weighted by molar-refractivity contribution is 5.79. The quantitative estimate of drug-likeness (QED) is 0.476.